The van der Waals surface area contributed by atoms with Gasteiger partial charge in [0.25, 0.3) is 5.56 Å². The number of hydrogen-bond acceptors (Lipinski definition) is 5. The van der Waals surface area contributed by atoms with E-state index in [1.807, 2.05) is 13.8 Å². The standard InChI is InChI=1S/C11H17N3O4/c1-3-7(18-4-2)10-13-9(12)6(5-8(15)16)11(17)14-10/h7H,3-5H2,1-2H3,(H,15,16)(H3,12,13,14,17). The summed E-state index contributed by atoms with van der Waals surface area (Å²) in [5.41, 5.74) is 5.05. The second-order valence-electron chi connectivity index (χ2n) is 3.74. The molecule has 0 bridgehead atoms. The van der Waals surface area contributed by atoms with E-state index in [1.165, 1.54) is 0 Å². The highest BCUT2D eigenvalue weighted by Gasteiger charge is 2.17. The van der Waals surface area contributed by atoms with Crippen molar-refractivity contribution in [3.8, 4) is 0 Å². The highest BCUT2D eigenvalue weighted by atomic mass is 16.5. The molecule has 1 atom stereocenters. The number of carboxylic acid groups (broad SMARTS) is 1. The molecule has 0 radical (unpaired) electrons. The maximum Gasteiger partial charge on any atom is 0.308 e. The number of aromatic nitrogens is 2. The zero-order valence-corrected chi connectivity index (χ0v) is 10.4. The van der Waals surface area contributed by atoms with Crippen molar-refractivity contribution in [2.75, 3.05) is 12.3 Å². The summed E-state index contributed by atoms with van der Waals surface area (Å²) in [5, 5.41) is 8.66. The molecule has 100 valence electrons. The highest BCUT2D eigenvalue weighted by molar-refractivity contribution is 5.71. The first kappa shape index (κ1) is 14.2. The van der Waals surface area contributed by atoms with Crippen LogP contribution < -0.4 is 11.3 Å². The average Bonchev–Trinajstić information content (AvgIpc) is 2.30. The van der Waals surface area contributed by atoms with Crippen LogP contribution >= 0.6 is 0 Å². The number of rotatable bonds is 6. The maximum atomic E-state index is 11.7. The molecule has 0 aliphatic carbocycles. The fourth-order valence-electron chi connectivity index (χ4n) is 1.60. The van der Waals surface area contributed by atoms with E-state index >= 15 is 0 Å². The summed E-state index contributed by atoms with van der Waals surface area (Å²) in [6, 6.07) is 0. The molecule has 0 amide bonds. The minimum Gasteiger partial charge on any atom is -0.481 e. The Hall–Kier alpha value is -1.89. The van der Waals surface area contributed by atoms with Crippen LogP contribution in [0.5, 0.6) is 0 Å². The minimum atomic E-state index is -1.13. The molecule has 1 aromatic rings. The van der Waals surface area contributed by atoms with Crippen molar-refractivity contribution in [3.63, 3.8) is 0 Å². The molecule has 7 nitrogen and oxygen atoms in total. The number of nitrogens with zero attached hydrogens (tertiary/aromatic N) is 1. The van der Waals surface area contributed by atoms with Crippen LogP contribution in [0.25, 0.3) is 0 Å². The zero-order chi connectivity index (χ0) is 13.7. The van der Waals surface area contributed by atoms with Crippen LogP contribution in [0.3, 0.4) is 0 Å². The predicted molar refractivity (Wildman–Crippen MR) is 65.3 cm³/mol. The van der Waals surface area contributed by atoms with Gasteiger partial charge in [-0.25, -0.2) is 4.98 Å². The Balaban J connectivity index is 3.12. The van der Waals surface area contributed by atoms with E-state index < -0.39 is 17.9 Å². The molecule has 1 rings (SSSR count). The van der Waals surface area contributed by atoms with E-state index in [0.29, 0.717) is 18.9 Å². The van der Waals surface area contributed by atoms with Gasteiger partial charge in [0.1, 0.15) is 17.7 Å². The molecule has 0 saturated heterocycles. The molecule has 1 aromatic heterocycles. The molecular formula is C11H17N3O4. The van der Waals surface area contributed by atoms with Crippen molar-refractivity contribution < 1.29 is 14.6 Å². The third kappa shape index (κ3) is 3.30. The van der Waals surface area contributed by atoms with Gasteiger partial charge in [-0.15, -0.1) is 0 Å². The molecule has 1 unspecified atom stereocenters. The molecule has 0 aliphatic rings. The first-order chi connectivity index (χ1) is 8.49. The number of carboxylic acids is 1. The van der Waals surface area contributed by atoms with Crippen LogP contribution in [0.1, 0.15) is 37.8 Å². The van der Waals surface area contributed by atoms with Crippen molar-refractivity contribution in [1.29, 1.82) is 0 Å². The van der Waals surface area contributed by atoms with E-state index in [0.717, 1.165) is 0 Å². The Labute approximate surface area is 104 Å². The number of nitrogen functional groups attached to an aromatic ring is 1. The summed E-state index contributed by atoms with van der Waals surface area (Å²) in [5.74, 6) is -0.858. The first-order valence-electron chi connectivity index (χ1n) is 5.71. The number of nitrogens with two attached hydrogens (primary N) is 1. The van der Waals surface area contributed by atoms with Crippen LogP contribution in [-0.4, -0.2) is 27.7 Å². The number of carbonyl (C=O) groups is 1. The van der Waals surface area contributed by atoms with Crippen molar-refractivity contribution in [2.24, 2.45) is 0 Å². The van der Waals surface area contributed by atoms with Gasteiger partial charge in [0, 0.05) is 6.61 Å². The van der Waals surface area contributed by atoms with Gasteiger partial charge in [0.2, 0.25) is 0 Å². The Morgan fingerprint density at radius 2 is 2.22 bits per heavy atom. The largest absolute Gasteiger partial charge is 0.481 e. The Morgan fingerprint density at radius 3 is 2.67 bits per heavy atom. The maximum absolute atomic E-state index is 11.7. The quantitative estimate of drug-likeness (QED) is 0.679. The number of aliphatic carboxylic acids is 1. The van der Waals surface area contributed by atoms with Gasteiger partial charge in [-0.05, 0) is 13.3 Å². The number of anilines is 1. The van der Waals surface area contributed by atoms with Gasteiger partial charge in [-0.2, -0.15) is 0 Å². The predicted octanol–water partition coefficient (Wildman–Crippen LogP) is 0.467. The Bertz CT molecular complexity index is 484. The molecule has 0 aromatic carbocycles. The van der Waals surface area contributed by atoms with Crippen LogP contribution in [0, 0.1) is 0 Å². The van der Waals surface area contributed by atoms with E-state index in [2.05, 4.69) is 9.97 Å². The van der Waals surface area contributed by atoms with Gasteiger partial charge in [0.15, 0.2) is 0 Å². The van der Waals surface area contributed by atoms with E-state index in [4.69, 9.17) is 15.6 Å². The summed E-state index contributed by atoms with van der Waals surface area (Å²) in [4.78, 5) is 28.8. The first-order valence-corrected chi connectivity index (χ1v) is 5.71. The Kier molecular flexibility index (Phi) is 4.85. The molecule has 0 saturated carbocycles. The topological polar surface area (TPSA) is 118 Å². The van der Waals surface area contributed by atoms with E-state index in [1.54, 1.807) is 0 Å². The Morgan fingerprint density at radius 1 is 1.56 bits per heavy atom. The molecular weight excluding hydrogens is 238 g/mol. The van der Waals surface area contributed by atoms with Crippen LogP contribution in [-0.2, 0) is 16.0 Å². The third-order valence-electron chi connectivity index (χ3n) is 2.44. The van der Waals surface area contributed by atoms with Crippen LogP contribution in [0.4, 0.5) is 5.82 Å². The normalized spacial score (nSPS) is 12.3. The fraction of sp³-hybridized carbons (Fsp3) is 0.545. The molecule has 1 heterocycles. The third-order valence-corrected chi connectivity index (χ3v) is 2.44. The van der Waals surface area contributed by atoms with E-state index in [-0.39, 0.29) is 17.5 Å². The molecule has 4 N–H and O–H groups in total. The second-order valence-corrected chi connectivity index (χ2v) is 3.74. The lowest BCUT2D eigenvalue weighted by Crippen LogP contribution is -2.24. The van der Waals surface area contributed by atoms with Crippen LogP contribution in [0.15, 0.2) is 4.79 Å². The SMILES string of the molecule is CCOC(CC)c1nc(N)c(CC(=O)O)c(=O)[nH]1. The summed E-state index contributed by atoms with van der Waals surface area (Å²) in [6.45, 7) is 4.21. The summed E-state index contributed by atoms with van der Waals surface area (Å²) in [6.07, 6.45) is -0.155. The summed E-state index contributed by atoms with van der Waals surface area (Å²) >= 11 is 0. The lowest BCUT2D eigenvalue weighted by molar-refractivity contribution is -0.136. The lowest BCUT2D eigenvalue weighted by Gasteiger charge is -2.15. The van der Waals surface area contributed by atoms with Crippen molar-refractivity contribution in [1.82, 2.24) is 9.97 Å². The number of H-pyrrole nitrogens is 1. The molecule has 0 spiro atoms. The summed E-state index contributed by atoms with van der Waals surface area (Å²) < 4.78 is 5.40. The molecule has 0 fully saturated rings. The average molecular weight is 255 g/mol. The number of ether oxygens (including phenoxy) is 1. The molecule has 18 heavy (non-hydrogen) atoms. The van der Waals surface area contributed by atoms with Crippen molar-refractivity contribution >= 4 is 11.8 Å². The fourth-order valence-corrected chi connectivity index (χ4v) is 1.60. The van der Waals surface area contributed by atoms with Crippen LogP contribution in [0.2, 0.25) is 0 Å². The monoisotopic (exact) mass is 255 g/mol. The zero-order valence-electron chi connectivity index (χ0n) is 10.4. The van der Waals surface area contributed by atoms with Gasteiger partial charge in [-0.3, -0.25) is 9.59 Å². The smallest absolute Gasteiger partial charge is 0.308 e. The van der Waals surface area contributed by atoms with Gasteiger partial charge < -0.3 is 20.6 Å². The highest BCUT2D eigenvalue weighted by Crippen LogP contribution is 2.17. The van der Waals surface area contributed by atoms with E-state index in [9.17, 15) is 9.59 Å². The minimum absolute atomic E-state index is 0.0300. The summed E-state index contributed by atoms with van der Waals surface area (Å²) in [7, 11) is 0. The van der Waals surface area contributed by atoms with Crippen molar-refractivity contribution in [3.05, 3.63) is 21.7 Å². The number of hydrogen-bond donors (Lipinski definition) is 3. The molecule has 7 heteroatoms. The number of nitrogens with one attached hydrogen (secondary N) is 1. The van der Waals surface area contributed by atoms with Gasteiger partial charge in [0.05, 0.1) is 12.0 Å². The van der Waals surface area contributed by atoms with Crippen molar-refractivity contribution in [2.45, 2.75) is 32.8 Å². The molecule has 0 aliphatic heterocycles. The number of aromatic amines is 1. The van der Waals surface area contributed by atoms with Gasteiger partial charge in [-0.1, -0.05) is 6.92 Å². The van der Waals surface area contributed by atoms with Gasteiger partial charge >= 0.3 is 5.97 Å². The lowest BCUT2D eigenvalue weighted by atomic mass is 10.2. The second kappa shape index (κ2) is 6.15.